The van der Waals surface area contributed by atoms with E-state index in [4.69, 9.17) is 10.2 Å². The van der Waals surface area contributed by atoms with E-state index in [0.717, 1.165) is 22.0 Å². The van der Waals surface area contributed by atoms with Crippen LogP contribution in [0.3, 0.4) is 0 Å². The van der Waals surface area contributed by atoms with Crippen molar-refractivity contribution in [2.45, 2.75) is 13.3 Å². The van der Waals surface area contributed by atoms with Crippen molar-refractivity contribution in [1.82, 2.24) is 4.98 Å². The zero-order valence-electron chi connectivity index (χ0n) is 8.53. The van der Waals surface area contributed by atoms with E-state index in [1.165, 1.54) is 12.0 Å². The number of hydrogen-bond acceptors (Lipinski definition) is 3. The number of aromatic nitrogens is 1. The van der Waals surface area contributed by atoms with Crippen LogP contribution in [0.1, 0.15) is 12.5 Å². The normalized spacial score (nSPS) is 13.3. The van der Waals surface area contributed by atoms with Gasteiger partial charge in [-0.2, -0.15) is 0 Å². The number of fused-ring (bicyclic) bond motifs is 1. The molecule has 1 aromatic heterocycles. The van der Waals surface area contributed by atoms with Gasteiger partial charge in [0, 0.05) is 4.47 Å². The van der Waals surface area contributed by atoms with Gasteiger partial charge in [0.25, 0.3) is 0 Å². The van der Waals surface area contributed by atoms with E-state index in [1.54, 1.807) is 0 Å². The molecule has 0 radical (unpaired) electrons. The van der Waals surface area contributed by atoms with Crippen LogP contribution in [0.4, 0.5) is 0 Å². The second kappa shape index (κ2) is 4.33. The van der Waals surface area contributed by atoms with Gasteiger partial charge in [0.05, 0.1) is 0 Å². The van der Waals surface area contributed by atoms with Crippen molar-refractivity contribution >= 4 is 27.0 Å². The number of hydrogen-bond donors (Lipinski definition) is 1. The standard InChI is InChI=1S/C11H13BrN2O/c1-7(5-13)2-8-3-10-11(4-9(8)12)15-6-14-10/h3-4,6-7H,2,5,13H2,1H3. The molecule has 1 heterocycles. The Morgan fingerprint density at radius 2 is 2.33 bits per heavy atom. The van der Waals surface area contributed by atoms with Crippen molar-refractivity contribution in [2.24, 2.45) is 11.7 Å². The molecule has 15 heavy (non-hydrogen) atoms. The molecular weight excluding hydrogens is 256 g/mol. The van der Waals surface area contributed by atoms with Crippen LogP contribution in [-0.4, -0.2) is 11.5 Å². The minimum Gasteiger partial charge on any atom is -0.443 e. The molecular formula is C11H13BrN2O. The molecule has 1 atom stereocenters. The van der Waals surface area contributed by atoms with Crippen LogP contribution in [0.15, 0.2) is 27.4 Å². The molecule has 2 N–H and O–H groups in total. The number of nitrogens with zero attached hydrogens (tertiary/aromatic N) is 1. The molecule has 3 nitrogen and oxygen atoms in total. The molecule has 0 spiro atoms. The Hall–Kier alpha value is -0.870. The van der Waals surface area contributed by atoms with E-state index in [1.807, 2.05) is 6.07 Å². The number of oxazole rings is 1. The molecule has 0 amide bonds. The van der Waals surface area contributed by atoms with E-state index in [9.17, 15) is 0 Å². The third-order valence-corrected chi connectivity index (χ3v) is 3.21. The van der Waals surface area contributed by atoms with Gasteiger partial charge in [0.15, 0.2) is 12.0 Å². The van der Waals surface area contributed by atoms with Gasteiger partial charge in [-0.05, 0) is 36.6 Å². The van der Waals surface area contributed by atoms with Gasteiger partial charge in [-0.3, -0.25) is 0 Å². The molecule has 0 aliphatic rings. The largest absolute Gasteiger partial charge is 0.443 e. The maximum atomic E-state index is 5.61. The molecule has 0 saturated heterocycles. The molecule has 0 aliphatic carbocycles. The van der Waals surface area contributed by atoms with E-state index < -0.39 is 0 Å². The van der Waals surface area contributed by atoms with Crippen LogP contribution >= 0.6 is 15.9 Å². The summed E-state index contributed by atoms with van der Waals surface area (Å²) in [5.74, 6) is 0.477. The van der Waals surface area contributed by atoms with Crippen LogP contribution in [0.25, 0.3) is 11.1 Å². The van der Waals surface area contributed by atoms with E-state index in [2.05, 4.69) is 33.9 Å². The zero-order valence-corrected chi connectivity index (χ0v) is 10.1. The van der Waals surface area contributed by atoms with E-state index in [0.29, 0.717) is 12.5 Å². The average Bonchev–Trinajstić information content (AvgIpc) is 2.65. The van der Waals surface area contributed by atoms with Gasteiger partial charge in [0.2, 0.25) is 0 Å². The third kappa shape index (κ3) is 2.21. The van der Waals surface area contributed by atoms with Crippen molar-refractivity contribution in [2.75, 3.05) is 6.54 Å². The molecule has 2 aromatic rings. The van der Waals surface area contributed by atoms with Crippen molar-refractivity contribution in [3.63, 3.8) is 0 Å². The lowest BCUT2D eigenvalue weighted by Gasteiger charge is -2.09. The summed E-state index contributed by atoms with van der Waals surface area (Å²) in [6.45, 7) is 2.84. The first-order valence-corrected chi connectivity index (χ1v) is 5.71. The summed E-state index contributed by atoms with van der Waals surface area (Å²) in [7, 11) is 0. The van der Waals surface area contributed by atoms with Gasteiger partial charge in [0.1, 0.15) is 5.52 Å². The summed E-state index contributed by atoms with van der Waals surface area (Å²) in [5.41, 5.74) is 8.56. The lowest BCUT2D eigenvalue weighted by atomic mass is 10.0. The van der Waals surface area contributed by atoms with Gasteiger partial charge in [-0.25, -0.2) is 4.98 Å². The molecule has 0 saturated carbocycles. The second-order valence-electron chi connectivity index (χ2n) is 3.81. The fourth-order valence-electron chi connectivity index (χ4n) is 1.54. The second-order valence-corrected chi connectivity index (χ2v) is 4.66. The van der Waals surface area contributed by atoms with Crippen LogP contribution in [-0.2, 0) is 6.42 Å². The first-order chi connectivity index (χ1) is 7.20. The third-order valence-electron chi connectivity index (χ3n) is 2.47. The lowest BCUT2D eigenvalue weighted by molar-refractivity contribution is 0.590. The predicted octanol–water partition coefficient (Wildman–Crippen LogP) is 2.73. The molecule has 0 aliphatic heterocycles. The number of rotatable bonds is 3. The molecule has 1 aromatic carbocycles. The van der Waals surface area contributed by atoms with Gasteiger partial charge in [-0.15, -0.1) is 0 Å². The fourth-order valence-corrected chi connectivity index (χ4v) is 2.02. The lowest BCUT2D eigenvalue weighted by Crippen LogP contribution is -2.13. The van der Waals surface area contributed by atoms with Gasteiger partial charge >= 0.3 is 0 Å². The number of nitrogens with two attached hydrogens (primary N) is 1. The Kier molecular flexibility index (Phi) is 3.07. The summed E-state index contributed by atoms with van der Waals surface area (Å²) in [5, 5.41) is 0. The summed E-state index contributed by atoms with van der Waals surface area (Å²) >= 11 is 3.53. The van der Waals surface area contributed by atoms with Crippen LogP contribution < -0.4 is 5.73 Å². The molecule has 0 fully saturated rings. The van der Waals surface area contributed by atoms with Crippen molar-refractivity contribution in [3.8, 4) is 0 Å². The van der Waals surface area contributed by atoms with Gasteiger partial charge < -0.3 is 10.2 Å². The maximum absolute atomic E-state index is 5.61. The first kappa shape index (κ1) is 10.6. The van der Waals surface area contributed by atoms with Crippen molar-refractivity contribution in [3.05, 3.63) is 28.6 Å². The van der Waals surface area contributed by atoms with Crippen LogP contribution in [0.5, 0.6) is 0 Å². The smallest absolute Gasteiger partial charge is 0.181 e. The predicted molar refractivity (Wildman–Crippen MR) is 63.6 cm³/mol. The van der Waals surface area contributed by atoms with Crippen LogP contribution in [0.2, 0.25) is 0 Å². The van der Waals surface area contributed by atoms with E-state index in [-0.39, 0.29) is 0 Å². The minimum atomic E-state index is 0.477. The first-order valence-electron chi connectivity index (χ1n) is 4.92. The highest BCUT2D eigenvalue weighted by Crippen LogP contribution is 2.25. The monoisotopic (exact) mass is 268 g/mol. The topological polar surface area (TPSA) is 52.0 Å². The quantitative estimate of drug-likeness (QED) is 0.932. The van der Waals surface area contributed by atoms with Crippen molar-refractivity contribution < 1.29 is 4.42 Å². The highest BCUT2D eigenvalue weighted by Gasteiger charge is 2.08. The molecule has 4 heteroatoms. The zero-order chi connectivity index (χ0) is 10.8. The molecule has 0 bridgehead atoms. The SMILES string of the molecule is CC(CN)Cc1cc2ncoc2cc1Br. The number of benzene rings is 1. The summed E-state index contributed by atoms with van der Waals surface area (Å²) in [6.07, 6.45) is 2.42. The Morgan fingerprint density at radius 3 is 3.07 bits per heavy atom. The van der Waals surface area contributed by atoms with E-state index >= 15 is 0 Å². The maximum Gasteiger partial charge on any atom is 0.181 e. The Bertz CT molecular complexity index is 467. The highest BCUT2D eigenvalue weighted by molar-refractivity contribution is 9.10. The molecule has 1 unspecified atom stereocenters. The number of halogens is 1. The highest BCUT2D eigenvalue weighted by atomic mass is 79.9. The van der Waals surface area contributed by atoms with Gasteiger partial charge in [-0.1, -0.05) is 22.9 Å². The Morgan fingerprint density at radius 1 is 1.53 bits per heavy atom. The average molecular weight is 269 g/mol. The minimum absolute atomic E-state index is 0.477. The summed E-state index contributed by atoms with van der Waals surface area (Å²) in [6, 6.07) is 4.01. The fraction of sp³-hybridized carbons (Fsp3) is 0.364. The molecule has 80 valence electrons. The Labute approximate surface area is 96.8 Å². The Balaban J connectivity index is 2.37. The summed E-state index contributed by atoms with van der Waals surface area (Å²) < 4.78 is 6.28. The summed E-state index contributed by atoms with van der Waals surface area (Å²) in [4.78, 5) is 4.13. The van der Waals surface area contributed by atoms with Crippen LogP contribution in [0, 0.1) is 5.92 Å². The molecule has 2 rings (SSSR count). The van der Waals surface area contributed by atoms with Crippen molar-refractivity contribution in [1.29, 1.82) is 0 Å².